The van der Waals surface area contributed by atoms with Crippen LogP contribution in [0.15, 0.2) is 18.5 Å². The van der Waals surface area contributed by atoms with Gasteiger partial charge in [0.1, 0.15) is 5.82 Å². The van der Waals surface area contributed by atoms with E-state index >= 15 is 0 Å². The van der Waals surface area contributed by atoms with Gasteiger partial charge >= 0.3 is 0 Å². The Labute approximate surface area is 101 Å². The standard InChI is InChI=1S/C12H19N5/c1-4-11(13)10-5-6-17(7-10)8-12-15-14-9(2)16(12)3/h5-7,11H,4,8,13H2,1-3H3. The monoisotopic (exact) mass is 233 g/mol. The predicted octanol–water partition coefficient (Wildman–Crippen LogP) is 1.38. The van der Waals surface area contributed by atoms with E-state index in [9.17, 15) is 0 Å². The first kappa shape index (κ1) is 11.9. The molecule has 0 aliphatic rings. The third-order valence-corrected chi connectivity index (χ3v) is 3.15. The Hall–Kier alpha value is -1.62. The molecule has 2 aromatic heterocycles. The zero-order valence-electron chi connectivity index (χ0n) is 10.6. The second-order valence-electron chi connectivity index (χ2n) is 4.35. The number of hydrogen-bond donors (Lipinski definition) is 1. The second kappa shape index (κ2) is 4.71. The van der Waals surface area contributed by atoms with E-state index in [1.54, 1.807) is 0 Å². The minimum Gasteiger partial charge on any atom is -0.346 e. The molecule has 0 saturated heterocycles. The Balaban J connectivity index is 2.14. The Bertz CT molecular complexity index is 497. The number of hydrogen-bond acceptors (Lipinski definition) is 3. The first-order valence-electron chi connectivity index (χ1n) is 5.88. The van der Waals surface area contributed by atoms with E-state index in [0.29, 0.717) is 0 Å². The third-order valence-electron chi connectivity index (χ3n) is 3.15. The summed E-state index contributed by atoms with van der Waals surface area (Å²) in [4.78, 5) is 0. The maximum Gasteiger partial charge on any atom is 0.152 e. The van der Waals surface area contributed by atoms with Gasteiger partial charge in [-0.05, 0) is 25.0 Å². The van der Waals surface area contributed by atoms with Crippen LogP contribution in [0.5, 0.6) is 0 Å². The molecule has 0 aromatic carbocycles. The van der Waals surface area contributed by atoms with Crippen molar-refractivity contribution in [2.24, 2.45) is 12.8 Å². The van der Waals surface area contributed by atoms with Crippen molar-refractivity contribution in [1.29, 1.82) is 0 Å². The zero-order valence-corrected chi connectivity index (χ0v) is 10.6. The van der Waals surface area contributed by atoms with Gasteiger partial charge in [0, 0.05) is 25.5 Å². The molecule has 2 rings (SSSR count). The highest BCUT2D eigenvalue weighted by atomic mass is 15.3. The normalized spacial score (nSPS) is 12.9. The number of aryl methyl sites for hydroxylation is 1. The fourth-order valence-electron chi connectivity index (χ4n) is 1.76. The lowest BCUT2D eigenvalue weighted by molar-refractivity contribution is 0.674. The average molecular weight is 233 g/mol. The van der Waals surface area contributed by atoms with Crippen LogP contribution < -0.4 is 5.73 Å². The van der Waals surface area contributed by atoms with Gasteiger partial charge in [-0.1, -0.05) is 6.92 Å². The van der Waals surface area contributed by atoms with Crippen molar-refractivity contribution in [1.82, 2.24) is 19.3 Å². The molecule has 0 saturated carbocycles. The molecule has 0 radical (unpaired) electrons. The highest BCUT2D eigenvalue weighted by molar-refractivity contribution is 5.15. The predicted molar refractivity (Wildman–Crippen MR) is 66.5 cm³/mol. The smallest absolute Gasteiger partial charge is 0.152 e. The molecule has 5 nitrogen and oxygen atoms in total. The van der Waals surface area contributed by atoms with E-state index < -0.39 is 0 Å². The molecule has 0 spiro atoms. The molecule has 92 valence electrons. The number of nitrogens with zero attached hydrogens (tertiary/aromatic N) is 4. The first-order valence-corrected chi connectivity index (χ1v) is 5.88. The van der Waals surface area contributed by atoms with E-state index in [4.69, 9.17) is 5.73 Å². The molecule has 0 amide bonds. The molecule has 1 atom stereocenters. The van der Waals surface area contributed by atoms with E-state index in [1.165, 1.54) is 5.56 Å². The summed E-state index contributed by atoms with van der Waals surface area (Å²) in [7, 11) is 1.98. The molecular weight excluding hydrogens is 214 g/mol. The Morgan fingerprint density at radius 2 is 2.18 bits per heavy atom. The molecule has 0 bridgehead atoms. The molecule has 17 heavy (non-hydrogen) atoms. The maximum atomic E-state index is 5.99. The van der Waals surface area contributed by atoms with Crippen LogP contribution in [0, 0.1) is 6.92 Å². The summed E-state index contributed by atoms with van der Waals surface area (Å²) in [6.45, 7) is 4.77. The topological polar surface area (TPSA) is 61.7 Å². The van der Waals surface area contributed by atoms with Crippen molar-refractivity contribution in [3.8, 4) is 0 Å². The van der Waals surface area contributed by atoms with Crippen LogP contribution in [-0.2, 0) is 13.6 Å². The van der Waals surface area contributed by atoms with Gasteiger partial charge in [0.05, 0.1) is 6.54 Å². The van der Waals surface area contributed by atoms with Gasteiger partial charge in [-0.25, -0.2) is 0 Å². The van der Waals surface area contributed by atoms with Gasteiger partial charge < -0.3 is 14.9 Å². The summed E-state index contributed by atoms with van der Waals surface area (Å²) >= 11 is 0. The Morgan fingerprint density at radius 3 is 2.76 bits per heavy atom. The summed E-state index contributed by atoms with van der Waals surface area (Å²) in [5, 5.41) is 8.19. The lowest BCUT2D eigenvalue weighted by atomic mass is 10.1. The fourth-order valence-corrected chi connectivity index (χ4v) is 1.76. The first-order chi connectivity index (χ1) is 8.11. The van der Waals surface area contributed by atoms with E-state index in [0.717, 1.165) is 24.6 Å². The summed E-state index contributed by atoms with van der Waals surface area (Å²) in [5.41, 5.74) is 7.16. The van der Waals surface area contributed by atoms with Crippen molar-refractivity contribution >= 4 is 0 Å². The van der Waals surface area contributed by atoms with Crippen LogP contribution in [0.1, 0.15) is 36.6 Å². The SMILES string of the molecule is CCC(N)c1ccn(Cc2nnc(C)n2C)c1. The maximum absolute atomic E-state index is 5.99. The molecule has 0 aliphatic carbocycles. The molecule has 2 heterocycles. The molecular formula is C12H19N5. The highest BCUT2D eigenvalue weighted by Gasteiger charge is 2.08. The van der Waals surface area contributed by atoms with E-state index in [-0.39, 0.29) is 6.04 Å². The van der Waals surface area contributed by atoms with Crippen molar-refractivity contribution in [3.05, 3.63) is 35.7 Å². The molecule has 0 fully saturated rings. The van der Waals surface area contributed by atoms with E-state index in [1.807, 2.05) is 24.7 Å². The summed E-state index contributed by atoms with van der Waals surface area (Å²) in [6, 6.07) is 2.19. The van der Waals surface area contributed by atoms with Crippen LogP contribution in [0.25, 0.3) is 0 Å². The largest absolute Gasteiger partial charge is 0.346 e. The van der Waals surface area contributed by atoms with Gasteiger partial charge in [0.15, 0.2) is 5.82 Å². The van der Waals surface area contributed by atoms with Crippen molar-refractivity contribution < 1.29 is 0 Å². The van der Waals surface area contributed by atoms with Crippen LogP contribution in [0.4, 0.5) is 0 Å². The molecule has 1 unspecified atom stereocenters. The van der Waals surface area contributed by atoms with Crippen LogP contribution in [0.2, 0.25) is 0 Å². The second-order valence-corrected chi connectivity index (χ2v) is 4.35. The number of nitrogens with two attached hydrogens (primary N) is 1. The van der Waals surface area contributed by atoms with Crippen LogP contribution in [0.3, 0.4) is 0 Å². The third kappa shape index (κ3) is 2.39. The average Bonchev–Trinajstić information content (AvgIpc) is 2.91. The van der Waals surface area contributed by atoms with E-state index in [2.05, 4.69) is 34.0 Å². The van der Waals surface area contributed by atoms with Crippen LogP contribution in [-0.4, -0.2) is 19.3 Å². The zero-order chi connectivity index (χ0) is 12.4. The van der Waals surface area contributed by atoms with Crippen molar-refractivity contribution in [2.45, 2.75) is 32.9 Å². The van der Waals surface area contributed by atoms with Gasteiger partial charge in [0.25, 0.3) is 0 Å². The van der Waals surface area contributed by atoms with Crippen molar-refractivity contribution in [2.75, 3.05) is 0 Å². The fraction of sp³-hybridized carbons (Fsp3) is 0.500. The van der Waals surface area contributed by atoms with Crippen molar-refractivity contribution in [3.63, 3.8) is 0 Å². The lowest BCUT2D eigenvalue weighted by Crippen LogP contribution is -2.08. The summed E-state index contributed by atoms with van der Waals surface area (Å²) < 4.78 is 4.09. The molecule has 2 N–H and O–H groups in total. The summed E-state index contributed by atoms with van der Waals surface area (Å²) in [6.07, 6.45) is 5.07. The van der Waals surface area contributed by atoms with Gasteiger partial charge in [-0.3, -0.25) is 0 Å². The molecule has 5 heteroatoms. The summed E-state index contributed by atoms with van der Waals surface area (Å²) in [5.74, 6) is 1.88. The highest BCUT2D eigenvalue weighted by Crippen LogP contribution is 2.14. The lowest BCUT2D eigenvalue weighted by Gasteiger charge is -2.06. The molecule has 2 aromatic rings. The Morgan fingerprint density at radius 1 is 1.41 bits per heavy atom. The number of rotatable bonds is 4. The minimum atomic E-state index is 0.123. The van der Waals surface area contributed by atoms with Gasteiger partial charge in [-0.2, -0.15) is 0 Å². The van der Waals surface area contributed by atoms with Gasteiger partial charge in [0.2, 0.25) is 0 Å². The van der Waals surface area contributed by atoms with Crippen LogP contribution >= 0.6 is 0 Å². The molecule has 0 aliphatic heterocycles. The number of aromatic nitrogens is 4. The quantitative estimate of drug-likeness (QED) is 0.868. The van der Waals surface area contributed by atoms with Gasteiger partial charge in [-0.15, -0.1) is 10.2 Å². The minimum absolute atomic E-state index is 0.123. The Kier molecular flexibility index (Phi) is 3.28.